The van der Waals surface area contributed by atoms with Crippen LogP contribution >= 0.6 is 11.8 Å². The van der Waals surface area contributed by atoms with Crippen LogP contribution in [0.2, 0.25) is 0 Å². The molecule has 0 amide bonds. The summed E-state index contributed by atoms with van der Waals surface area (Å²) in [6.07, 6.45) is 8.78. The molecule has 0 aromatic carbocycles. The van der Waals surface area contributed by atoms with Crippen molar-refractivity contribution in [2.24, 2.45) is 5.92 Å². The summed E-state index contributed by atoms with van der Waals surface area (Å²) in [5, 5.41) is 4.44. The molecule has 2 aliphatic rings. The fourth-order valence-corrected chi connectivity index (χ4v) is 3.74. The van der Waals surface area contributed by atoms with E-state index in [1.165, 1.54) is 44.3 Å². The van der Waals surface area contributed by atoms with Crippen molar-refractivity contribution in [3.05, 3.63) is 0 Å². The van der Waals surface area contributed by atoms with Crippen LogP contribution in [0.5, 0.6) is 0 Å². The Kier molecular flexibility index (Phi) is 3.56. The smallest absolute Gasteiger partial charge is 0.0201 e. The summed E-state index contributed by atoms with van der Waals surface area (Å²) in [6.45, 7) is 0. The summed E-state index contributed by atoms with van der Waals surface area (Å²) >= 11 is 2.20. The van der Waals surface area contributed by atoms with Crippen LogP contribution in [-0.2, 0) is 0 Å². The fourth-order valence-electron chi connectivity index (χ4n) is 2.25. The molecule has 76 valence electrons. The van der Waals surface area contributed by atoms with E-state index in [9.17, 15) is 0 Å². The number of hydrogen-bond acceptors (Lipinski definition) is 2. The first kappa shape index (κ1) is 9.85. The van der Waals surface area contributed by atoms with E-state index in [0.717, 1.165) is 17.2 Å². The van der Waals surface area contributed by atoms with E-state index in [2.05, 4.69) is 24.1 Å². The number of nitrogens with one attached hydrogen (secondary N) is 1. The minimum atomic E-state index is 0.804. The van der Waals surface area contributed by atoms with Crippen molar-refractivity contribution in [3.8, 4) is 0 Å². The van der Waals surface area contributed by atoms with Gasteiger partial charge in [-0.25, -0.2) is 0 Å². The maximum absolute atomic E-state index is 3.52. The second-order valence-corrected chi connectivity index (χ2v) is 5.83. The Labute approximate surface area is 86.0 Å². The second-order valence-electron chi connectivity index (χ2n) is 4.48. The van der Waals surface area contributed by atoms with E-state index >= 15 is 0 Å². The molecular formula is C11H21NS. The van der Waals surface area contributed by atoms with Gasteiger partial charge in [-0.05, 0) is 38.0 Å². The van der Waals surface area contributed by atoms with Crippen molar-refractivity contribution in [1.82, 2.24) is 5.32 Å². The Bertz CT molecular complexity index is 150. The molecule has 1 N–H and O–H groups in total. The Morgan fingerprint density at radius 2 is 2.15 bits per heavy atom. The molecule has 1 aliphatic carbocycles. The van der Waals surface area contributed by atoms with Crippen LogP contribution in [0.3, 0.4) is 0 Å². The van der Waals surface area contributed by atoms with Gasteiger partial charge in [0.1, 0.15) is 0 Å². The van der Waals surface area contributed by atoms with Crippen molar-refractivity contribution in [3.63, 3.8) is 0 Å². The first-order valence-electron chi connectivity index (χ1n) is 5.69. The summed E-state index contributed by atoms with van der Waals surface area (Å²) in [5.74, 6) is 2.47. The second kappa shape index (κ2) is 4.70. The van der Waals surface area contributed by atoms with E-state index < -0.39 is 0 Å². The predicted octanol–water partition coefficient (Wildman–Crippen LogP) is 2.66. The van der Waals surface area contributed by atoms with Gasteiger partial charge in [0.15, 0.2) is 0 Å². The lowest BCUT2D eigenvalue weighted by Crippen LogP contribution is -2.37. The van der Waals surface area contributed by atoms with E-state index in [4.69, 9.17) is 0 Å². The average molecular weight is 199 g/mol. The number of thioether (sulfide) groups is 1. The molecule has 2 atom stereocenters. The van der Waals surface area contributed by atoms with Gasteiger partial charge in [-0.1, -0.05) is 19.3 Å². The van der Waals surface area contributed by atoms with Crippen LogP contribution in [0.15, 0.2) is 0 Å². The van der Waals surface area contributed by atoms with Crippen LogP contribution in [0.1, 0.15) is 38.5 Å². The summed E-state index contributed by atoms with van der Waals surface area (Å²) in [6, 6.07) is 0.804. The van der Waals surface area contributed by atoms with Gasteiger partial charge in [-0.3, -0.25) is 0 Å². The molecule has 1 aliphatic heterocycles. The molecule has 0 bridgehead atoms. The van der Waals surface area contributed by atoms with E-state index in [0.29, 0.717) is 0 Å². The maximum atomic E-state index is 3.52. The average Bonchev–Trinajstić information content (AvgIpc) is 2.99. The summed E-state index contributed by atoms with van der Waals surface area (Å²) in [7, 11) is 2.14. The van der Waals surface area contributed by atoms with Gasteiger partial charge in [-0.15, -0.1) is 0 Å². The van der Waals surface area contributed by atoms with Gasteiger partial charge in [0, 0.05) is 11.3 Å². The predicted molar refractivity (Wildman–Crippen MR) is 60.3 cm³/mol. The Morgan fingerprint density at radius 1 is 1.31 bits per heavy atom. The molecule has 0 aromatic heterocycles. The molecule has 2 unspecified atom stereocenters. The van der Waals surface area contributed by atoms with Crippen LogP contribution in [-0.4, -0.2) is 24.1 Å². The van der Waals surface area contributed by atoms with Gasteiger partial charge in [-0.2, -0.15) is 11.8 Å². The Hall–Kier alpha value is 0.310. The molecule has 0 spiro atoms. The standard InChI is InChI=1S/C11H21NS/c1-12-10(8-9-5-6-9)11-4-2-3-7-13-11/h9-12H,2-8H2,1H3. The molecular weight excluding hydrogens is 178 g/mol. The first-order valence-corrected chi connectivity index (χ1v) is 6.74. The van der Waals surface area contributed by atoms with Crippen molar-refractivity contribution in [2.45, 2.75) is 49.8 Å². The van der Waals surface area contributed by atoms with Gasteiger partial charge in [0.25, 0.3) is 0 Å². The highest BCUT2D eigenvalue weighted by molar-refractivity contribution is 8.00. The zero-order valence-corrected chi connectivity index (χ0v) is 9.41. The van der Waals surface area contributed by atoms with Crippen LogP contribution in [0, 0.1) is 5.92 Å². The molecule has 1 saturated carbocycles. The topological polar surface area (TPSA) is 12.0 Å². The third-order valence-corrected chi connectivity index (χ3v) is 4.84. The first-order chi connectivity index (χ1) is 6.40. The highest BCUT2D eigenvalue weighted by Crippen LogP contribution is 2.37. The molecule has 2 rings (SSSR count). The van der Waals surface area contributed by atoms with E-state index in [-0.39, 0.29) is 0 Å². The van der Waals surface area contributed by atoms with Crippen molar-refractivity contribution < 1.29 is 0 Å². The maximum Gasteiger partial charge on any atom is 0.0201 e. The minimum absolute atomic E-state index is 0.804. The SMILES string of the molecule is CNC(CC1CC1)C1CCCCS1. The Balaban J connectivity index is 1.78. The molecule has 2 heteroatoms. The summed E-state index contributed by atoms with van der Waals surface area (Å²) < 4.78 is 0. The lowest BCUT2D eigenvalue weighted by molar-refractivity contribution is 0.449. The highest BCUT2D eigenvalue weighted by atomic mass is 32.2. The van der Waals surface area contributed by atoms with Gasteiger partial charge >= 0.3 is 0 Å². The van der Waals surface area contributed by atoms with Gasteiger partial charge in [0.05, 0.1) is 0 Å². The third-order valence-electron chi connectivity index (χ3n) is 3.32. The van der Waals surface area contributed by atoms with Crippen molar-refractivity contribution in [2.75, 3.05) is 12.8 Å². The fraction of sp³-hybridized carbons (Fsp3) is 1.00. The molecule has 0 radical (unpaired) electrons. The lowest BCUT2D eigenvalue weighted by atomic mass is 10.0. The van der Waals surface area contributed by atoms with Gasteiger partial charge in [0.2, 0.25) is 0 Å². The zero-order valence-electron chi connectivity index (χ0n) is 8.59. The third kappa shape index (κ3) is 2.88. The largest absolute Gasteiger partial charge is 0.316 e. The highest BCUT2D eigenvalue weighted by Gasteiger charge is 2.30. The Morgan fingerprint density at radius 3 is 2.69 bits per heavy atom. The quantitative estimate of drug-likeness (QED) is 0.747. The molecule has 2 fully saturated rings. The summed E-state index contributed by atoms with van der Waals surface area (Å²) in [4.78, 5) is 0. The molecule has 1 heterocycles. The molecule has 1 saturated heterocycles. The van der Waals surface area contributed by atoms with Crippen LogP contribution < -0.4 is 5.32 Å². The van der Waals surface area contributed by atoms with Gasteiger partial charge < -0.3 is 5.32 Å². The van der Waals surface area contributed by atoms with E-state index in [1.54, 1.807) is 0 Å². The summed E-state index contributed by atoms with van der Waals surface area (Å²) in [5.41, 5.74) is 0. The number of hydrogen-bond donors (Lipinski definition) is 1. The van der Waals surface area contributed by atoms with Crippen molar-refractivity contribution >= 4 is 11.8 Å². The number of rotatable bonds is 4. The zero-order chi connectivity index (χ0) is 9.10. The monoisotopic (exact) mass is 199 g/mol. The normalized spacial score (nSPS) is 31.6. The van der Waals surface area contributed by atoms with E-state index in [1.807, 2.05) is 0 Å². The van der Waals surface area contributed by atoms with Crippen molar-refractivity contribution in [1.29, 1.82) is 0 Å². The van der Waals surface area contributed by atoms with Crippen LogP contribution in [0.4, 0.5) is 0 Å². The molecule has 13 heavy (non-hydrogen) atoms. The minimum Gasteiger partial charge on any atom is -0.316 e. The lowest BCUT2D eigenvalue weighted by Gasteiger charge is -2.29. The van der Waals surface area contributed by atoms with Crippen LogP contribution in [0.25, 0.3) is 0 Å². The molecule has 1 nitrogen and oxygen atoms in total. The molecule has 0 aromatic rings.